The van der Waals surface area contributed by atoms with E-state index in [1.165, 1.54) is 75.7 Å². The second-order valence-electron chi connectivity index (χ2n) is 18.2. The lowest BCUT2D eigenvalue weighted by atomic mass is 9.33. The van der Waals surface area contributed by atoms with E-state index in [4.69, 9.17) is 4.42 Å². The van der Waals surface area contributed by atoms with Gasteiger partial charge in [0.2, 0.25) is 0 Å². The number of benzene rings is 8. The molecule has 11 aromatic rings. The summed E-state index contributed by atoms with van der Waals surface area (Å²) < 4.78 is 12.2. The van der Waals surface area contributed by atoms with Gasteiger partial charge in [0.1, 0.15) is 5.58 Å². The molecule has 3 aromatic heterocycles. The Balaban J connectivity index is 1.19. The van der Waals surface area contributed by atoms with E-state index in [1.54, 1.807) is 0 Å². The first-order valence-electron chi connectivity index (χ1n) is 21.6. The molecule has 4 nitrogen and oxygen atoms in total. The van der Waals surface area contributed by atoms with Gasteiger partial charge in [0.15, 0.2) is 5.58 Å². The Morgan fingerprint density at radius 3 is 1.98 bits per heavy atom. The maximum absolute atomic E-state index is 6.94. The minimum atomic E-state index is -0.133. The molecule has 0 N–H and O–H groups in total. The second-order valence-corrected chi connectivity index (χ2v) is 19.3. The third kappa shape index (κ3) is 4.84. The van der Waals surface area contributed by atoms with E-state index in [-0.39, 0.29) is 12.1 Å². The van der Waals surface area contributed by atoms with Crippen LogP contribution in [0.5, 0.6) is 0 Å². The van der Waals surface area contributed by atoms with Crippen LogP contribution in [-0.4, -0.2) is 11.3 Å². The number of anilines is 6. The number of hydrogen-bond donors (Lipinski definition) is 0. The molecule has 2 aliphatic heterocycles. The average molecular weight is 816 g/mol. The van der Waals surface area contributed by atoms with Crippen LogP contribution in [0.1, 0.15) is 37.5 Å². The molecular weight excluding hydrogens is 774 g/mol. The Morgan fingerprint density at radius 1 is 0.548 bits per heavy atom. The quantitative estimate of drug-likeness (QED) is 0.165. The van der Waals surface area contributed by atoms with Gasteiger partial charge in [-0.2, -0.15) is 0 Å². The maximum atomic E-state index is 6.94. The highest BCUT2D eigenvalue weighted by atomic mass is 32.1. The molecule has 0 aliphatic carbocycles. The van der Waals surface area contributed by atoms with Crippen molar-refractivity contribution in [2.75, 3.05) is 9.80 Å². The molecule has 0 bridgehead atoms. The Morgan fingerprint density at radius 2 is 1.21 bits per heavy atom. The van der Waals surface area contributed by atoms with Crippen LogP contribution in [0.4, 0.5) is 34.1 Å². The largest absolute Gasteiger partial charge is 0.454 e. The highest BCUT2D eigenvalue weighted by molar-refractivity contribution is 7.26. The van der Waals surface area contributed by atoms with Gasteiger partial charge >= 0.3 is 0 Å². The predicted molar refractivity (Wildman–Crippen MR) is 266 cm³/mol. The molecule has 13 rings (SSSR count). The zero-order valence-corrected chi connectivity index (χ0v) is 36.1. The van der Waals surface area contributed by atoms with E-state index in [2.05, 4.69) is 213 Å². The summed E-state index contributed by atoms with van der Waals surface area (Å²) in [5, 5.41) is 4.87. The van der Waals surface area contributed by atoms with Gasteiger partial charge in [-0.05, 0) is 107 Å². The van der Waals surface area contributed by atoms with Crippen LogP contribution in [-0.2, 0) is 5.41 Å². The van der Waals surface area contributed by atoms with Crippen molar-refractivity contribution in [1.82, 2.24) is 4.57 Å². The summed E-state index contributed by atoms with van der Waals surface area (Å²) in [6.45, 7) is 11.5. The fourth-order valence-electron chi connectivity index (χ4n) is 10.7. The van der Waals surface area contributed by atoms with Crippen LogP contribution >= 0.6 is 11.3 Å². The lowest BCUT2D eigenvalue weighted by molar-refractivity contribution is 0.590. The SMILES string of the molecule is Cc1ccccc1N(c1ccc2c(c1)N(c1cccc3c1oc1ccccc13)c1cc(C(C)(C)C)cc3c1B2c1cccc2c4sc5ccccc5c4n-3c12)c1ccccc1C. The molecule has 5 heterocycles. The summed E-state index contributed by atoms with van der Waals surface area (Å²) in [5.41, 5.74) is 20.0. The Bertz CT molecular complexity index is 3650. The van der Waals surface area contributed by atoms with Gasteiger partial charge in [0.25, 0.3) is 6.71 Å². The molecule has 0 atom stereocenters. The van der Waals surface area contributed by atoms with Gasteiger partial charge in [-0.15, -0.1) is 11.3 Å². The number of para-hydroxylation sites is 5. The van der Waals surface area contributed by atoms with Gasteiger partial charge in [0, 0.05) is 60.4 Å². The molecule has 62 heavy (non-hydrogen) atoms. The standard InChI is InChI=1S/C56H42BN3OS/c1-33-16-6-10-23-43(33)58(44-24-11-7-17-34(44)2)36-28-29-41-46(32-36)59(45-25-15-20-38-37-18-8-12-26-49(37)61-54(38)45)47-30-35(56(3,4)5)31-48-51(47)57(41)42-22-14-21-40-52(42)60(48)53-39-19-9-13-27-50(39)62-55(40)53/h6-32H,1-5H3. The maximum Gasteiger partial charge on any atom is 0.252 e. The summed E-state index contributed by atoms with van der Waals surface area (Å²) in [7, 11) is 0. The van der Waals surface area contributed by atoms with Crippen molar-refractivity contribution in [2.24, 2.45) is 0 Å². The van der Waals surface area contributed by atoms with Crippen molar-refractivity contribution in [3.05, 3.63) is 180 Å². The average Bonchev–Trinajstić information content (AvgIpc) is 3.96. The van der Waals surface area contributed by atoms with Gasteiger partial charge in [-0.3, -0.25) is 0 Å². The number of fused-ring (bicyclic) bond motifs is 12. The number of aromatic nitrogens is 1. The molecule has 0 spiro atoms. The van der Waals surface area contributed by atoms with Gasteiger partial charge in [-0.25, -0.2) is 0 Å². The van der Waals surface area contributed by atoms with E-state index >= 15 is 0 Å². The molecule has 0 saturated heterocycles. The summed E-state index contributed by atoms with van der Waals surface area (Å²) in [5.74, 6) is 0. The van der Waals surface area contributed by atoms with Crippen LogP contribution in [0, 0.1) is 13.8 Å². The molecule has 2 aliphatic rings. The molecule has 6 heteroatoms. The molecule has 0 unspecified atom stereocenters. The van der Waals surface area contributed by atoms with Crippen LogP contribution in [0.2, 0.25) is 0 Å². The minimum Gasteiger partial charge on any atom is -0.454 e. The first-order valence-corrected chi connectivity index (χ1v) is 22.5. The normalized spacial score (nSPS) is 13.2. The van der Waals surface area contributed by atoms with E-state index in [0.717, 1.165) is 50.4 Å². The highest BCUT2D eigenvalue weighted by Gasteiger charge is 2.44. The summed E-state index contributed by atoms with van der Waals surface area (Å²) in [6, 6.07) is 60.8. The van der Waals surface area contributed by atoms with E-state index in [0.29, 0.717) is 0 Å². The zero-order valence-electron chi connectivity index (χ0n) is 35.3. The first kappa shape index (κ1) is 35.7. The van der Waals surface area contributed by atoms with Crippen molar-refractivity contribution in [3.8, 4) is 5.69 Å². The van der Waals surface area contributed by atoms with Crippen molar-refractivity contribution >= 4 is 122 Å². The number of hydrogen-bond acceptors (Lipinski definition) is 4. The van der Waals surface area contributed by atoms with Crippen LogP contribution in [0.15, 0.2) is 168 Å². The van der Waals surface area contributed by atoms with Crippen LogP contribution in [0.25, 0.3) is 58.8 Å². The molecule has 296 valence electrons. The summed E-state index contributed by atoms with van der Waals surface area (Å²) in [6.07, 6.45) is 0. The Kier molecular flexibility index (Phi) is 7.35. The van der Waals surface area contributed by atoms with Gasteiger partial charge in [-0.1, -0.05) is 130 Å². The topological polar surface area (TPSA) is 24.6 Å². The second kappa shape index (κ2) is 12.8. The molecule has 0 radical (unpaired) electrons. The third-order valence-electron chi connectivity index (χ3n) is 13.6. The van der Waals surface area contributed by atoms with Crippen molar-refractivity contribution < 1.29 is 4.42 Å². The lowest BCUT2D eigenvalue weighted by Crippen LogP contribution is -2.60. The van der Waals surface area contributed by atoms with Crippen LogP contribution < -0.4 is 26.2 Å². The smallest absolute Gasteiger partial charge is 0.252 e. The molecule has 0 amide bonds. The molecular formula is C56H42BN3OS. The Hall–Kier alpha value is -7.02. The van der Waals surface area contributed by atoms with Crippen LogP contribution in [0.3, 0.4) is 0 Å². The fraction of sp³-hybridized carbons (Fsp3) is 0.107. The summed E-state index contributed by atoms with van der Waals surface area (Å²) in [4.78, 5) is 4.99. The van der Waals surface area contributed by atoms with E-state index in [1.807, 2.05) is 11.3 Å². The Labute approximate surface area is 364 Å². The molecule has 8 aromatic carbocycles. The van der Waals surface area contributed by atoms with E-state index < -0.39 is 0 Å². The fourth-order valence-corrected chi connectivity index (χ4v) is 11.9. The molecule has 0 fully saturated rings. The zero-order chi connectivity index (χ0) is 41.6. The minimum absolute atomic E-state index is 0.000961. The van der Waals surface area contributed by atoms with Crippen molar-refractivity contribution in [1.29, 1.82) is 0 Å². The number of nitrogens with zero attached hydrogens (tertiary/aromatic N) is 3. The predicted octanol–water partition coefficient (Wildman–Crippen LogP) is 13.9. The third-order valence-corrected chi connectivity index (χ3v) is 14.8. The summed E-state index contributed by atoms with van der Waals surface area (Å²) >= 11 is 1.92. The van der Waals surface area contributed by atoms with Crippen molar-refractivity contribution in [3.63, 3.8) is 0 Å². The van der Waals surface area contributed by atoms with Gasteiger partial charge in [0.05, 0.1) is 21.4 Å². The van der Waals surface area contributed by atoms with Crippen molar-refractivity contribution in [2.45, 2.75) is 40.0 Å². The number of aryl methyl sites for hydroxylation is 2. The van der Waals surface area contributed by atoms with Gasteiger partial charge < -0.3 is 18.8 Å². The molecule has 0 saturated carbocycles. The number of thiophene rings is 1. The highest BCUT2D eigenvalue weighted by Crippen LogP contribution is 2.50. The first-order chi connectivity index (χ1) is 30.2. The monoisotopic (exact) mass is 815 g/mol. The van der Waals surface area contributed by atoms with E-state index in [9.17, 15) is 0 Å². The number of furan rings is 1. The number of rotatable bonds is 4. The lowest BCUT2D eigenvalue weighted by Gasteiger charge is -2.42.